The predicted octanol–water partition coefficient (Wildman–Crippen LogP) is 2.22. The number of nitrogens with zero attached hydrogens (tertiary/aromatic N) is 4. The van der Waals surface area contributed by atoms with E-state index in [0.717, 1.165) is 17.7 Å². The Morgan fingerprint density at radius 3 is 2.55 bits per heavy atom. The van der Waals surface area contributed by atoms with Crippen molar-refractivity contribution in [3.63, 3.8) is 0 Å². The second-order valence-electron chi connectivity index (χ2n) is 6.37. The topological polar surface area (TPSA) is 143 Å². The van der Waals surface area contributed by atoms with Gasteiger partial charge in [-0.05, 0) is 19.1 Å². The summed E-state index contributed by atoms with van der Waals surface area (Å²) in [5.41, 5.74) is -0.155. The second-order valence-corrected chi connectivity index (χ2v) is 6.82. The number of pyridine rings is 1. The van der Waals surface area contributed by atoms with Gasteiger partial charge < -0.3 is 5.32 Å². The molecule has 2 atom stereocenters. The van der Waals surface area contributed by atoms with Gasteiger partial charge in [0.1, 0.15) is 0 Å². The van der Waals surface area contributed by atoms with Crippen molar-refractivity contribution in [2.45, 2.75) is 18.9 Å². The maximum absolute atomic E-state index is 12.8. The number of aromatic nitrogens is 1. The molecule has 1 aliphatic rings. The molecule has 29 heavy (non-hydrogen) atoms. The highest BCUT2D eigenvalue weighted by atomic mass is 32.1. The van der Waals surface area contributed by atoms with E-state index in [1.165, 1.54) is 6.07 Å². The smallest absolute Gasteiger partial charge is 0.294 e. The van der Waals surface area contributed by atoms with Crippen LogP contribution in [0.4, 0.5) is 11.4 Å². The zero-order valence-electron chi connectivity index (χ0n) is 15.0. The molecule has 0 saturated heterocycles. The molecule has 2 heterocycles. The maximum Gasteiger partial charge on any atom is 0.294 e. The van der Waals surface area contributed by atoms with Crippen LogP contribution in [0, 0.1) is 38.5 Å². The molecule has 1 aromatic heterocycles. The van der Waals surface area contributed by atoms with E-state index in [2.05, 4.69) is 17.9 Å². The van der Waals surface area contributed by atoms with Crippen molar-refractivity contribution in [3.05, 3.63) is 84.7 Å². The van der Waals surface area contributed by atoms with Crippen LogP contribution in [0.5, 0.6) is 0 Å². The Kier molecular flexibility index (Phi) is 5.29. The van der Waals surface area contributed by atoms with Gasteiger partial charge in [0, 0.05) is 23.3 Å². The lowest BCUT2D eigenvalue weighted by Gasteiger charge is -2.27. The summed E-state index contributed by atoms with van der Waals surface area (Å²) in [7, 11) is 0. The Morgan fingerprint density at radius 1 is 1.24 bits per heavy atom. The number of rotatable bonds is 4. The minimum absolute atomic E-state index is 0.0116. The van der Waals surface area contributed by atoms with Gasteiger partial charge in [0.05, 0.1) is 38.5 Å². The van der Waals surface area contributed by atoms with Gasteiger partial charge in [-0.1, -0.05) is 0 Å². The molecule has 1 amide bonds. The standard InChI is InChI=1S/C18H13N5O5S/c1-10-3-2-6-21(9-10)16-15(13(8-19)18(29)20-17(16)24)12-5-4-11(22(25)26)7-14(12)23(27)28/h2-7,9,15-16H,1H3,(H-,20,24,29)/p+1/t15-,16+/m0/s1. The number of nitriles is 1. The van der Waals surface area contributed by atoms with Gasteiger partial charge >= 0.3 is 0 Å². The van der Waals surface area contributed by atoms with Gasteiger partial charge in [0.2, 0.25) is 6.04 Å². The Labute approximate surface area is 169 Å². The Balaban J connectivity index is 2.30. The Hall–Kier alpha value is -3.78. The molecule has 0 saturated carbocycles. The summed E-state index contributed by atoms with van der Waals surface area (Å²) in [6, 6.07) is 7.59. The first-order chi connectivity index (χ1) is 13.7. The molecule has 146 valence electrons. The zero-order chi connectivity index (χ0) is 21.3. The van der Waals surface area contributed by atoms with E-state index in [1.807, 2.05) is 19.1 Å². The fourth-order valence-electron chi connectivity index (χ4n) is 3.33. The number of hydrogen-bond acceptors (Lipinski definition) is 7. The first-order valence-corrected chi connectivity index (χ1v) is 8.73. The van der Waals surface area contributed by atoms with Gasteiger partial charge in [-0.15, -0.1) is 12.6 Å². The first kappa shape index (κ1) is 20.0. The van der Waals surface area contributed by atoms with Crippen LogP contribution in [0.15, 0.2) is 53.3 Å². The van der Waals surface area contributed by atoms with Crippen molar-refractivity contribution < 1.29 is 19.2 Å². The summed E-state index contributed by atoms with van der Waals surface area (Å²) in [5.74, 6) is -1.57. The van der Waals surface area contributed by atoms with Crippen molar-refractivity contribution in [1.82, 2.24) is 5.32 Å². The Bertz CT molecular complexity index is 1120. The number of carbonyl (C=O) groups excluding carboxylic acids is 1. The molecule has 0 radical (unpaired) electrons. The minimum Gasteiger partial charge on any atom is -0.314 e. The average Bonchev–Trinajstić information content (AvgIpc) is 2.66. The molecule has 2 aromatic rings. The predicted molar refractivity (Wildman–Crippen MR) is 103 cm³/mol. The molecule has 0 fully saturated rings. The van der Waals surface area contributed by atoms with Crippen molar-refractivity contribution in [1.29, 1.82) is 5.26 Å². The molecule has 1 aromatic carbocycles. The van der Waals surface area contributed by atoms with E-state index in [4.69, 9.17) is 0 Å². The average molecular weight is 412 g/mol. The molecule has 1 aliphatic heterocycles. The molecule has 11 heteroatoms. The molecule has 0 spiro atoms. The van der Waals surface area contributed by atoms with E-state index in [0.29, 0.717) is 0 Å². The summed E-state index contributed by atoms with van der Waals surface area (Å²) in [4.78, 5) is 34.0. The van der Waals surface area contributed by atoms with Crippen LogP contribution in [0.25, 0.3) is 0 Å². The van der Waals surface area contributed by atoms with Gasteiger partial charge in [-0.25, -0.2) is 0 Å². The fraction of sp³-hybridized carbons (Fsp3) is 0.167. The third kappa shape index (κ3) is 3.65. The number of thiol groups is 1. The lowest BCUT2D eigenvalue weighted by atomic mass is 9.82. The fourth-order valence-corrected chi connectivity index (χ4v) is 3.62. The van der Waals surface area contributed by atoms with E-state index < -0.39 is 39.1 Å². The molecular formula is C18H14N5O5S+. The summed E-state index contributed by atoms with van der Waals surface area (Å²) in [6.07, 6.45) is 3.28. The number of hydrogen-bond donors (Lipinski definition) is 2. The normalized spacial score (nSPS) is 18.7. The van der Waals surface area contributed by atoms with E-state index in [9.17, 15) is 30.3 Å². The maximum atomic E-state index is 12.8. The van der Waals surface area contributed by atoms with Gasteiger partial charge in [-0.2, -0.15) is 9.83 Å². The van der Waals surface area contributed by atoms with Crippen molar-refractivity contribution in [2.75, 3.05) is 0 Å². The van der Waals surface area contributed by atoms with Crippen LogP contribution in [-0.2, 0) is 4.79 Å². The number of aryl methyl sites for hydroxylation is 1. The SMILES string of the molecule is Cc1ccc[n+]([C@H]2C(=O)NC(S)=C(C#N)[C@@H]2c2ccc([N+](=O)[O-])cc2[N+](=O)[O-])c1. The van der Waals surface area contributed by atoms with Gasteiger partial charge in [0.15, 0.2) is 12.4 Å². The third-order valence-corrected chi connectivity index (χ3v) is 4.91. The molecule has 0 aliphatic carbocycles. The van der Waals surface area contributed by atoms with Crippen molar-refractivity contribution >= 4 is 29.9 Å². The van der Waals surface area contributed by atoms with E-state index in [-0.39, 0.29) is 16.2 Å². The number of nitro benzene ring substituents is 2. The van der Waals surface area contributed by atoms with E-state index >= 15 is 0 Å². The highest BCUT2D eigenvalue weighted by molar-refractivity contribution is 7.84. The number of nitrogens with one attached hydrogen (secondary N) is 1. The van der Waals surface area contributed by atoms with Crippen molar-refractivity contribution in [2.24, 2.45) is 0 Å². The molecular weight excluding hydrogens is 398 g/mol. The van der Waals surface area contributed by atoms with Crippen LogP contribution in [0.2, 0.25) is 0 Å². The molecule has 0 unspecified atom stereocenters. The molecule has 10 nitrogen and oxygen atoms in total. The number of nitro groups is 2. The second kappa shape index (κ2) is 7.69. The zero-order valence-corrected chi connectivity index (χ0v) is 15.9. The van der Waals surface area contributed by atoms with Crippen LogP contribution in [0.3, 0.4) is 0 Å². The highest BCUT2D eigenvalue weighted by Gasteiger charge is 2.47. The monoisotopic (exact) mass is 412 g/mol. The number of amides is 1. The van der Waals surface area contributed by atoms with Crippen LogP contribution in [-0.4, -0.2) is 15.8 Å². The summed E-state index contributed by atoms with van der Waals surface area (Å²) in [6.45, 7) is 1.81. The number of carbonyl (C=O) groups is 1. The van der Waals surface area contributed by atoms with Crippen molar-refractivity contribution in [3.8, 4) is 6.07 Å². The number of non-ortho nitro benzene ring substituents is 1. The Morgan fingerprint density at radius 2 is 1.97 bits per heavy atom. The summed E-state index contributed by atoms with van der Waals surface area (Å²) < 4.78 is 1.55. The van der Waals surface area contributed by atoms with Crippen LogP contribution >= 0.6 is 12.6 Å². The third-order valence-electron chi connectivity index (χ3n) is 4.56. The molecule has 3 rings (SSSR count). The quantitative estimate of drug-likeness (QED) is 0.341. The van der Waals surface area contributed by atoms with Gasteiger partial charge in [0.25, 0.3) is 17.3 Å². The number of allylic oxidation sites excluding steroid dienone is 1. The largest absolute Gasteiger partial charge is 0.314 e. The summed E-state index contributed by atoms with van der Waals surface area (Å²) >= 11 is 4.16. The van der Waals surface area contributed by atoms with E-state index in [1.54, 1.807) is 23.0 Å². The lowest BCUT2D eigenvalue weighted by Crippen LogP contribution is -2.53. The minimum atomic E-state index is -1.06. The van der Waals surface area contributed by atoms with Crippen LogP contribution in [0.1, 0.15) is 23.1 Å². The highest BCUT2D eigenvalue weighted by Crippen LogP contribution is 2.42. The molecule has 0 bridgehead atoms. The lowest BCUT2D eigenvalue weighted by molar-refractivity contribution is -0.711. The number of benzene rings is 1. The first-order valence-electron chi connectivity index (χ1n) is 8.28. The van der Waals surface area contributed by atoms with Gasteiger partial charge in [-0.3, -0.25) is 25.0 Å². The molecule has 1 N–H and O–H groups in total. The van der Waals surface area contributed by atoms with Crippen LogP contribution < -0.4 is 9.88 Å². The summed E-state index contributed by atoms with van der Waals surface area (Å²) in [5, 5.41) is 34.9.